The molecule has 3 nitrogen and oxygen atoms in total. The number of hydrogen-bond donors (Lipinski definition) is 1. The first-order valence-corrected chi connectivity index (χ1v) is 6.79. The van der Waals surface area contributed by atoms with Crippen LogP contribution in [0, 0.1) is 12.7 Å². The summed E-state index contributed by atoms with van der Waals surface area (Å²) in [4.78, 5) is 8.63. The van der Waals surface area contributed by atoms with Gasteiger partial charge in [-0.15, -0.1) is 0 Å². The van der Waals surface area contributed by atoms with E-state index < -0.39 is 0 Å². The molecule has 1 heterocycles. The molecule has 0 fully saturated rings. The summed E-state index contributed by atoms with van der Waals surface area (Å²) in [5.41, 5.74) is 1.91. The molecule has 0 aliphatic heterocycles. The normalized spacial score (nSPS) is 12.4. The molecule has 1 aromatic carbocycles. The Morgan fingerprint density at radius 2 is 2.00 bits per heavy atom. The minimum absolute atomic E-state index is 0.0429. The fourth-order valence-electron chi connectivity index (χ4n) is 1.82. The van der Waals surface area contributed by atoms with Gasteiger partial charge in [0.2, 0.25) is 0 Å². The summed E-state index contributed by atoms with van der Waals surface area (Å²) < 4.78 is 14.2. The van der Waals surface area contributed by atoms with E-state index in [0.717, 1.165) is 15.6 Å². The molecular weight excluding hydrogens is 309 g/mol. The van der Waals surface area contributed by atoms with Gasteiger partial charge in [0.15, 0.2) is 0 Å². The number of rotatable bonds is 4. The third kappa shape index (κ3) is 3.58. The molecule has 0 amide bonds. The van der Waals surface area contributed by atoms with Crippen molar-refractivity contribution in [3.8, 4) is 0 Å². The molecule has 0 radical (unpaired) electrons. The second-order valence-corrected chi connectivity index (χ2v) is 5.25. The fraction of sp³-hybridized carbons (Fsp3) is 0.286. The second-order valence-electron chi connectivity index (χ2n) is 4.40. The number of halogens is 2. The van der Waals surface area contributed by atoms with Crippen molar-refractivity contribution in [1.29, 1.82) is 0 Å². The van der Waals surface area contributed by atoms with Crippen molar-refractivity contribution in [2.45, 2.75) is 19.4 Å². The van der Waals surface area contributed by atoms with Crippen LogP contribution in [0.15, 0.2) is 35.1 Å². The summed E-state index contributed by atoms with van der Waals surface area (Å²) >= 11 is 3.44. The van der Waals surface area contributed by atoms with Gasteiger partial charge in [-0.25, -0.2) is 14.4 Å². The topological polar surface area (TPSA) is 37.8 Å². The molecule has 0 spiro atoms. The summed E-state index contributed by atoms with van der Waals surface area (Å²) in [6.45, 7) is 1.95. The molecule has 2 rings (SSSR count). The van der Waals surface area contributed by atoms with Gasteiger partial charge in [0.25, 0.3) is 0 Å². The van der Waals surface area contributed by atoms with Gasteiger partial charge in [0.05, 0.1) is 6.04 Å². The molecule has 2 aromatic rings. The number of nitrogens with one attached hydrogen (secondary N) is 1. The van der Waals surface area contributed by atoms with Gasteiger partial charge in [0.1, 0.15) is 11.6 Å². The van der Waals surface area contributed by atoms with Crippen molar-refractivity contribution in [3.63, 3.8) is 0 Å². The van der Waals surface area contributed by atoms with Gasteiger partial charge >= 0.3 is 0 Å². The maximum atomic E-state index is 13.3. The number of likely N-dealkylation sites (N-methyl/N-ethyl adjacent to an activating group) is 1. The molecule has 100 valence electrons. The molecule has 0 bridgehead atoms. The van der Waals surface area contributed by atoms with Gasteiger partial charge in [-0.3, -0.25) is 0 Å². The van der Waals surface area contributed by atoms with Gasteiger partial charge in [0, 0.05) is 16.9 Å². The van der Waals surface area contributed by atoms with Crippen molar-refractivity contribution in [3.05, 3.63) is 57.8 Å². The van der Waals surface area contributed by atoms with E-state index in [2.05, 4.69) is 31.2 Å². The lowest BCUT2D eigenvalue weighted by Crippen LogP contribution is -2.21. The van der Waals surface area contributed by atoms with Crippen molar-refractivity contribution < 1.29 is 4.39 Å². The van der Waals surface area contributed by atoms with Gasteiger partial charge in [-0.05, 0) is 49.7 Å². The molecule has 0 aliphatic carbocycles. The largest absolute Gasteiger partial charge is 0.310 e. The highest BCUT2D eigenvalue weighted by atomic mass is 79.9. The maximum absolute atomic E-state index is 13.3. The summed E-state index contributed by atoms with van der Waals surface area (Å²) in [7, 11) is 1.85. The van der Waals surface area contributed by atoms with Crippen LogP contribution in [0.5, 0.6) is 0 Å². The third-order valence-corrected chi connectivity index (χ3v) is 3.67. The van der Waals surface area contributed by atoms with E-state index >= 15 is 0 Å². The van der Waals surface area contributed by atoms with E-state index in [1.807, 2.05) is 14.0 Å². The zero-order chi connectivity index (χ0) is 13.8. The first-order chi connectivity index (χ1) is 9.10. The molecule has 1 aromatic heterocycles. The minimum atomic E-state index is -0.238. The lowest BCUT2D eigenvalue weighted by atomic mass is 10.1. The average molecular weight is 324 g/mol. The Morgan fingerprint density at radius 1 is 1.32 bits per heavy atom. The Kier molecular flexibility index (Phi) is 4.61. The second kappa shape index (κ2) is 6.21. The van der Waals surface area contributed by atoms with Crippen LogP contribution < -0.4 is 5.32 Å². The quantitative estimate of drug-likeness (QED) is 0.939. The van der Waals surface area contributed by atoms with Crippen molar-refractivity contribution in [1.82, 2.24) is 15.3 Å². The van der Waals surface area contributed by atoms with Crippen molar-refractivity contribution in [2.24, 2.45) is 0 Å². The van der Waals surface area contributed by atoms with Crippen LogP contribution in [0.1, 0.15) is 23.0 Å². The highest BCUT2D eigenvalue weighted by molar-refractivity contribution is 9.10. The summed E-state index contributed by atoms with van der Waals surface area (Å²) in [5, 5.41) is 3.16. The van der Waals surface area contributed by atoms with Crippen LogP contribution in [0.2, 0.25) is 0 Å². The Bertz CT molecular complexity index is 557. The molecular formula is C14H15BrFN3. The zero-order valence-electron chi connectivity index (χ0n) is 10.8. The molecule has 5 heteroatoms. The molecule has 19 heavy (non-hydrogen) atoms. The number of benzene rings is 1. The van der Waals surface area contributed by atoms with E-state index in [1.54, 1.807) is 18.5 Å². The predicted octanol–water partition coefficient (Wildman–Crippen LogP) is 3.19. The minimum Gasteiger partial charge on any atom is -0.310 e. The average Bonchev–Trinajstić information content (AvgIpc) is 2.41. The van der Waals surface area contributed by atoms with Crippen LogP contribution in [0.3, 0.4) is 0 Å². The SMILES string of the molecule is CNC(Cc1cc(F)ccc1Br)c1ncc(C)cn1. The first kappa shape index (κ1) is 14.1. The van der Waals surface area contributed by atoms with Crippen molar-refractivity contribution in [2.75, 3.05) is 7.05 Å². The fourth-order valence-corrected chi connectivity index (χ4v) is 2.23. The Balaban J connectivity index is 2.23. The van der Waals surface area contributed by atoms with Gasteiger partial charge in [-0.2, -0.15) is 0 Å². The summed E-state index contributed by atoms with van der Waals surface area (Å²) in [6.07, 6.45) is 4.19. The van der Waals surface area contributed by atoms with Gasteiger partial charge in [-0.1, -0.05) is 15.9 Å². The van der Waals surface area contributed by atoms with Gasteiger partial charge < -0.3 is 5.32 Å². The van der Waals surface area contributed by atoms with Crippen LogP contribution in [0.4, 0.5) is 4.39 Å². The molecule has 0 saturated carbocycles. The molecule has 0 aliphatic rings. The standard InChI is InChI=1S/C14H15BrFN3/c1-9-7-18-14(19-8-9)13(17-2)6-10-5-11(16)3-4-12(10)15/h3-5,7-8,13,17H,6H2,1-2H3. The maximum Gasteiger partial charge on any atom is 0.145 e. The molecule has 1 unspecified atom stereocenters. The zero-order valence-corrected chi connectivity index (χ0v) is 12.4. The Morgan fingerprint density at radius 3 is 2.63 bits per heavy atom. The van der Waals surface area contributed by atoms with E-state index in [4.69, 9.17) is 0 Å². The lowest BCUT2D eigenvalue weighted by molar-refractivity contribution is 0.552. The molecule has 0 saturated heterocycles. The van der Waals surface area contributed by atoms with Crippen LogP contribution in [-0.2, 0) is 6.42 Å². The van der Waals surface area contributed by atoms with Crippen LogP contribution >= 0.6 is 15.9 Å². The Labute approximate surface area is 120 Å². The number of aryl methyl sites for hydroxylation is 1. The first-order valence-electron chi connectivity index (χ1n) is 6.00. The molecule has 1 N–H and O–H groups in total. The van der Waals surface area contributed by atoms with Crippen LogP contribution in [0.25, 0.3) is 0 Å². The number of hydrogen-bond acceptors (Lipinski definition) is 3. The monoisotopic (exact) mass is 323 g/mol. The van der Waals surface area contributed by atoms with Crippen molar-refractivity contribution >= 4 is 15.9 Å². The Hall–Kier alpha value is -1.33. The van der Waals surface area contributed by atoms with E-state index in [-0.39, 0.29) is 11.9 Å². The number of nitrogens with zero attached hydrogens (tertiary/aromatic N) is 2. The number of aromatic nitrogens is 2. The third-order valence-electron chi connectivity index (χ3n) is 2.89. The van der Waals surface area contributed by atoms with Crippen LogP contribution in [-0.4, -0.2) is 17.0 Å². The van der Waals surface area contributed by atoms with E-state index in [1.165, 1.54) is 12.1 Å². The molecule has 1 atom stereocenters. The lowest BCUT2D eigenvalue weighted by Gasteiger charge is -2.15. The summed E-state index contributed by atoms with van der Waals surface area (Å²) in [6, 6.07) is 4.64. The smallest absolute Gasteiger partial charge is 0.145 e. The predicted molar refractivity (Wildman–Crippen MR) is 76.4 cm³/mol. The summed E-state index contributed by atoms with van der Waals surface area (Å²) in [5.74, 6) is 0.474. The van der Waals surface area contributed by atoms with E-state index in [9.17, 15) is 4.39 Å². The van der Waals surface area contributed by atoms with E-state index in [0.29, 0.717) is 12.2 Å². The highest BCUT2D eigenvalue weighted by Crippen LogP contribution is 2.23. The highest BCUT2D eigenvalue weighted by Gasteiger charge is 2.15.